The molecule has 1 heterocycles. The highest BCUT2D eigenvalue weighted by Gasteiger charge is 2.45. The van der Waals surface area contributed by atoms with Crippen LogP contribution in [-0.4, -0.2) is 28.2 Å². The molecule has 1 aliphatic heterocycles. The number of aliphatic hydroxyl groups is 1. The van der Waals surface area contributed by atoms with Crippen LogP contribution in [0.4, 0.5) is 0 Å². The van der Waals surface area contributed by atoms with Crippen molar-refractivity contribution in [1.82, 2.24) is 4.90 Å². The van der Waals surface area contributed by atoms with Crippen molar-refractivity contribution in [2.75, 3.05) is 6.54 Å². The predicted molar refractivity (Wildman–Crippen MR) is 90.0 cm³/mol. The lowest BCUT2D eigenvalue weighted by atomic mass is 9.81. The Balaban J connectivity index is 2.63. The molecule has 1 N–H and O–H groups in total. The fourth-order valence-corrected chi connectivity index (χ4v) is 2.98. The molecule has 124 valence electrons. The number of hydrogen-bond acceptors (Lipinski definition) is 3. The summed E-state index contributed by atoms with van der Waals surface area (Å²) in [6, 6.07) is 7.19. The fraction of sp³-hybridized carbons (Fsp3) is 0.474. The average Bonchev–Trinajstić information content (AvgIpc) is 2.71. The maximum absolute atomic E-state index is 12.9. The van der Waals surface area contributed by atoms with Crippen LogP contribution in [0.15, 0.2) is 35.6 Å². The first-order chi connectivity index (χ1) is 10.7. The zero-order valence-electron chi connectivity index (χ0n) is 14.5. The van der Waals surface area contributed by atoms with Gasteiger partial charge in [0.05, 0.1) is 11.6 Å². The number of nitrogens with zero attached hydrogens (tertiary/aromatic N) is 1. The molecule has 0 aliphatic carbocycles. The van der Waals surface area contributed by atoms with E-state index < -0.39 is 23.1 Å². The number of carbonyl (C=O) groups excluding carboxylic acids is 2. The van der Waals surface area contributed by atoms with E-state index in [1.807, 2.05) is 38.1 Å². The third-order valence-electron chi connectivity index (χ3n) is 4.18. The van der Waals surface area contributed by atoms with Crippen molar-refractivity contribution >= 4 is 11.7 Å². The summed E-state index contributed by atoms with van der Waals surface area (Å²) < 4.78 is 0. The number of aliphatic hydroxyl groups excluding tert-OH is 1. The second-order valence-electron chi connectivity index (χ2n) is 7.10. The van der Waals surface area contributed by atoms with E-state index in [9.17, 15) is 14.7 Å². The van der Waals surface area contributed by atoms with Gasteiger partial charge in [0.25, 0.3) is 5.91 Å². The molecule has 0 saturated heterocycles. The highest BCUT2D eigenvalue weighted by atomic mass is 16.3. The first-order valence-corrected chi connectivity index (χ1v) is 8.04. The van der Waals surface area contributed by atoms with Gasteiger partial charge in [-0.1, -0.05) is 52.0 Å². The van der Waals surface area contributed by atoms with Gasteiger partial charge in [0.1, 0.15) is 0 Å². The van der Waals surface area contributed by atoms with E-state index >= 15 is 0 Å². The van der Waals surface area contributed by atoms with E-state index in [2.05, 4.69) is 0 Å². The van der Waals surface area contributed by atoms with Crippen LogP contribution in [0.2, 0.25) is 0 Å². The summed E-state index contributed by atoms with van der Waals surface area (Å²) in [5, 5.41) is 10.4. The molecule has 1 aromatic carbocycles. The molecule has 4 nitrogen and oxygen atoms in total. The summed E-state index contributed by atoms with van der Waals surface area (Å²) in [4.78, 5) is 27.0. The summed E-state index contributed by atoms with van der Waals surface area (Å²) >= 11 is 0. The number of benzene rings is 1. The van der Waals surface area contributed by atoms with E-state index in [0.29, 0.717) is 6.54 Å². The normalized spacial score (nSPS) is 18.7. The van der Waals surface area contributed by atoms with Crippen LogP contribution < -0.4 is 0 Å². The van der Waals surface area contributed by atoms with Crippen LogP contribution >= 0.6 is 0 Å². The third kappa shape index (κ3) is 3.03. The molecular formula is C19H25NO3. The van der Waals surface area contributed by atoms with Gasteiger partial charge in [-0.05, 0) is 24.5 Å². The molecule has 0 aromatic heterocycles. The van der Waals surface area contributed by atoms with Gasteiger partial charge in [0.2, 0.25) is 0 Å². The van der Waals surface area contributed by atoms with Crippen LogP contribution in [0.25, 0.3) is 0 Å². The molecule has 2 rings (SSSR count). The summed E-state index contributed by atoms with van der Waals surface area (Å²) in [5.74, 6) is -1.03. The molecule has 1 aliphatic rings. The minimum atomic E-state index is -0.660. The Morgan fingerprint density at radius 1 is 1.26 bits per heavy atom. The quantitative estimate of drug-likeness (QED) is 0.921. The molecule has 0 bridgehead atoms. The van der Waals surface area contributed by atoms with Gasteiger partial charge in [0.15, 0.2) is 11.5 Å². The maximum Gasteiger partial charge on any atom is 0.290 e. The van der Waals surface area contributed by atoms with E-state index in [1.165, 1.54) is 0 Å². The van der Waals surface area contributed by atoms with Crippen LogP contribution in [0.5, 0.6) is 0 Å². The van der Waals surface area contributed by atoms with E-state index in [4.69, 9.17) is 0 Å². The molecule has 1 atom stereocenters. The lowest BCUT2D eigenvalue weighted by Crippen LogP contribution is -2.33. The first kappa shape index (κ1) is 17.3. The van der Waals surface area contributed by atoms with Crippen LogP contribution in [0.1, 0.15) is 51.3 Å². The molecular weight excluding hydrogens is 290 g/mol. The van der Waals surface area contributed by atoms with Crippen LogP contribution in [0.3, 0.4) is 0 Å². The Morgan fingerprint density at radius 2 is 1.87 bits per heavy atom. The number of ketones is 1. The Labute approximate surface area is 137 Å². The Kier molecular flexibility index (Phi) is 4.64. The molecule has 1 aromatic rings. The SMILES string of the molecule is CCCN1C(=O)C(O)=C(C(=O)C(C)(C)C)C1c1ccccc1C. The number of amides is 1. The first-order valence-electron chi connectivity index (χ1n) is 8.04. The van der Waals surface area contributed by atoms with E-state index in [-0.39, 0.29) is 11.4 Å². The summed E-state index contributed by atoms with van der Waals surface area (Å²) in [7, 11) is 0. The van der Waals surface area contributed by atoms with Gasteiger partial charge in [-0.25, -0.2) is 0 Å². The van der Waals surface area contributed by atoms with Gasteiger partial charge >= 0.3 is 0 Å². The van der Waals surface area contributed by atoms with E-state index in [0.717, 1.165) is 17.5 Å². The number of aryl methyl sites for hydroxylation is 1. The van der Waals surface area contributed by atoms with Gasteiger partial charge < -0.3 is 10.0 Å². The van der Waals surface area contributed by atoms with Gasteiger partial charge in [-0.3, -0.25) is 9.59 Å². The summed E-state index contributed by atoms with van der Waals surface area (Å²) in [6.45, 7) is 9.84. The van der Waals surface area contributed by atoms with Crippen molar-refractivity contribution in [2.45, 2.75) is 47.1 Å². The summed E-state index contributed by atoms with van der Waals surface area (Å²) in [6.07, 6.45) is 0.762. The smallest absolute Gasteiger partial charge is 0.290 e. The second kappa shape index (κ2) is 6.19. The van der Waals surface area contributed by atoms with Crippen LogP contribution in [0, 0.1) is 12.3 Å². The third-order valence-corrected chi connectivity index (χ3v) is 4.18. The van der Waals surface area contributed by atoms with Gasteiger partial charge in [-0.2, -0.15) is 0 Å². The monoisotopic (exact) mass is 315 g/mol. The molecule has 0 spiro atoms. The van der Waals surface area contributed by atoms with Crippen LogP contribution in [-0.2, 0) is 9.59 Å². The molecule has 4 heteroatoms. The zero-order valence-corrected chi connectivity index (χ0v) is 14.5. The van der Waals surface area contributed by atoms with Crippen molar-refractivity contribution in [1.29, 1.82) is 0 Å². The predicted octanol–water partition coefficient (Wildman–Crippen LogP) is 3.72. The highest BCUT2D eigenvalue weighted by molar-refractivity contribution is 6.10. The molecule has 1 amide bonds. The molecule has 0 fully saturated rings. The van der Waals surface area contributed by atoms with Crippen molar-refractivity contribution in [2.24, 2.45) is 5.41 Å². The number of rotatable bonds is 4. The minimum Gasteiger partial charge on any atom is -0.503 e. The lowest BCUT2D eigenvalue weighted by Gasteiger charge is -2.29. The highest BCUT2D eigenvalue weighted by Crippen LogP contribution is 2.41. The number of carbonyl (C=O) groups is 2. The Bertz CT molecular complexity index is 667. The summed E-state index contributed by atoms with van der Waals surface area (Å²) in [5.41, 5.74) is 1.46. The van der Waals surface area contributed by atoms with Crippen molar-refractivity contribution < 1.29 is 14.7 Å². The fourth-order valence-electron chi connectivity index (χ4n) is 2.98. The van der Waals surface area contributed by atoms with Crippen molar-refractivity contribution in [3.63, 3.8) is 0 Å². The topological polar surface area (TPSA) is 57.6 Å². The van der Waals surface area contributed by atoms with Gasteiger partial charge in [0, 0.05) is 12.0 Å². The standard InChI is InChI=1S/C19H25NO3/c1-6-11-20-15(13-10-8-7-9-12(13)2)14(16(21)18(20)23)17(22)19(3,4)5/h7-10,15,21H,6,11H2,1-5H3. The molecule has 1 unspecified atom stereocenters. The number of Topliss-reactive ketones (excluding diaryl/α,β-unsaturated/α-hetero) is 1. The number of hydrogen-bond donors (Lipinski definition) is 1. The van der Waals surface area contributed by atoms with Crippen molar-refractivity contribution in [3.8, 4) is 0 Å². The Morgan fingerprint density at radius 3 is 2.39 bits per heavy atom. The van der Waals surface area contributed by atoms with E-state index in [1.54, 1.807) is 25.7 Å². The second-order valence-corrected chi connectivity index (χ2v) is 7.10. The molecule has 0 saturated carbocycles. The maximum atomic E-state index is 12.9. The van der Waals surface area contributed by atoms with Gasteiger partial charge in [-0.15, -0.1) is 0 Å². The lowest BCUT2D eigenvalue weighted by molar-refractivity contribution is -0.129. The minimum absolute atomic E-state index is 0.185. The van der Waals surface area contributed by atoms with Crippen molar-refractivity contribution in [3.05, 3.63) is 46.7 Å². The molecule has 0 radical (unpaired) electrons. The largest absolute Gasteiger partial charge is 0.503 e. The zero-order chi connectivity index (χ0) is 17.4. The Hall–Kier alpha value is -2.10. The molecule has 23 heavy (non-hydrogen) atoms. The average molecular weight is 315 g/mol.